The third-order valence-electron chi connectivity index (χ3n) is 5.66. The SMILES string of the molecule is CC12CCC(C1)C(C)(C)C2Nc1cc(Br)c(F)cc1N. The molecule has 0 aliphatic heterocycles. The van der Waals surface area contributed by atoms with Crippen LogP contribution in [0.2, 0.25) is 0 Å². The highest BCUT2D eigenvalue weighted by atomic mass is 79.9. The maximum Gasteiger partial charge on any atom is 0.139 e. The lowest BCUT2D eigenvalue weighted by Crippen LogP contribution is -2.45. The average molecular weight is 341 g/mol. The molecule has 110 valence electrons. The van der Waals surface area contributed by atoms with E-state index in [2.05, 4.69) is 42.0 Å². The fourth-order valence-electron chi connectivity index (χ4n) is 4.50. The van der Waals surface area contributed by atoms with Gasteiger partial charge in [-0.05, 0) is 58.0 Å². The molecule has 0 spiro atoms. The van der Waals surface area contributed by atoms with E-state index < -0.39 is 0 Å². The summed E-state index contributed by atoms with van der Waals surface area (Å²) in [5.41, 5.74) is 7.86. The summed E-state index contributed by atoms with van der Waals surface area (Å²) in [6.07, 6.45) is 3.87. The number of hydrogen-bond acceptors (Lipinski definition) is 2. The molecule has 2 nitrogen and oxygen atoms in total. The number of halogens is 2. The number of benzene rings is 1. The summed E-state index contributed by atoms with van der Waals surface area (Å²) in [5, 5.41) is 3.62. The lowest BCUT2D eigenvalue weighted by Gasteiger charge is -2.43. The second kappa shape index (κ2) is 4.36. The van der Waals surface area contributed by atoms with Crippen molar-refractivity contribution in [1.29, 1.82) is 0 Å². The molecule has 1 aromatic carbocycles. The van der Waals surface area contributed by atoms with Crippen LogP contribution in [0.1, 0.15) is 40.0 Å². The van der Waals surface area contributed by atoms with Gasteiger partial charge in [-0.15, -0.1) is 0 Å². The van der Waals surface area contributed by atoms with Crippen molar-refractivity contribution in [3.8, 4) is 0 Å². The van der Waals surface area contributed by atoms with Crippen molar-refractivity contribution >= 4 is 27.3 Å². The molecule has 3 unspecified atom stereocenters. The van der Waals surface area contributed by atoms with Crippen molar-refractivity contribution in [2.75, 3.05) is 11.1 Å². The summed E-state index contributed by atoms with van der Waals surface area (Å²) in [6, 6.07) is 3.53. The van der Waals surface area contributed by atoms with Gasteiger partial charge in [0.2, 0.25) is 0 Å². The highest BCUT2D eigenvalue weighted by Gasteiger charge is 2.59. The zero-order valence-corrected chi connectivity index (χ0v) is 13.8. The minimum absolute atomic E-state index is 0.250. The van der Waals surface area contributed by atoms with Crippen LogP contribution in [0.15, 0.2) is 16.6 Å². The minimum atomic E-state index is -0.313. The number of rotatable bonds is 2. The molecule has 3 N–H and O–H groups in total. The van der Waals surface area contributed by atoms with Gasteiger partial charge in [-0.25, -0.2) is 4.39 Å². The number of fused-ring (bicyclic) bond motifs is 2. The van der Waals surface area contributed by atoms with Crippen LogP contribution >= 0.6 is 15.9 Å². The molecule has 20 heavy (non-hydrogen) atoms. The molecule has 2 fully saturated rings. The van der Waals surface area contributed by atoms with Gasteiger partial charge in [0.1, 0.15) is 5.82 Å². The largest absolute Gasteiger partial charge is 0.397 e. The Labute approximate surface area is 128 Å². The number of hydrogen-bond donors (Lipinski definition) is 2. The summed E-state index contributed by atoms with van der Waals surface area (Å²) >= 11 is 3.24. The first-order valence-corrected chi connectivity index (χ1v) is 8.04. The highest BCUT2D eigenvalue weighted by molar-refractivity contribution is 9.10. The summed E-state index contributed by atoms with van der Waals surface area (Å²) in [4.78, 5) is 0. The van der Waals surface area contributed by atoms with E-state index in [4.69, 9.17) is 5.73 Å². The van der Waals surface area contributed by atoms with E-state index in [1.807, 2.05) is 0 Å². The number of anilines is 2. The molecule has 0 aromatic heterocycles. The van der Waals surface area contributed by atoms with Gasteiger partial charge in [0.15, 0.2) is 0 Å². The van der Waals surface area contributed by atoms with Gasteiger partial charge in [-0.2, -0.15) is 0 Å². The van der Waals surface area contributed by atoms with Crippen molar-refractivity contribution in [3.05, 3.63) is 22.4 Å². The summed E-state index contributed by atoms with van der Waals surface area (Å²) in [6.45, 7) is 7.05. The summed E-state index contributed by atoms with van der Waals surface area (Å²) < 4.78 is 14.0. The van der Waals surface area contributed by atoms with Gasteiger partial charge in [0, 0.05) is 12.1 Å². The van der Waals surface area contributed by atoms with Crippen molar-refractivity contribution < 1.29 is 4.39 Å². The third kappa shape index (κ3) is 1.95. The summed E-state index contributed by atoms with van der Waals surface area (Å²) in [5.74, 6) is 0.460. The quantitative estimate of drug-likeness (QED) is 0.759. The molecule has 2 saturated carbocycles. The lowest BCUT2D eigenvalue weighted by atomic mass is 9.68. The summed E-state index contributed by atoms with van der Waals surface area (Å²) in [7, 11) is 0. The molecule has 4 heteroatoms. The molecule has 2 aliphatic rings. The monoisotopic (exact) mass is 340 g/mol. The van der Waals surface area contributed by atoms with Crippen LogP contribution in [-0.2, 0) is 0 Å². The van der Waals surface area contributed by atoms with E-state index in [-0.39, 0.29) is 11.2 Å². The lowest BCUT2D eigenvalue weighted by molar-refractivity contribution is 0.155. The van der Waals surface area contributed by atoms with E-state index in [9.17, 15) is 4.39 Å². The molecule has 0 saturated heterocycles. The smallest absolute Gasteiger partial charge is 0.139 e. The Balaban J connectivity index is 1.93. The fraction of sp³-hybridized carbons (Fsp3) is 0.625. The highest BCUT2D eigenvalue weighted by Crippen LogP contribution is 2.63. The maximum atomic E-state index is 13.5. The maximum absolute atomic E-state index is 13.5. The second-order valence-corrected chi connectivity index (χ2v) is 8.20. The van der Waals surface area contributed by atoms with Crippen LogP contribution in [0.4, 0.5) is 15.8 Å². The van der Waals surface area contributed by atoms with Crippen LogP contribution in [0.5, 0.6) is 0 Å². The first-order valence-electron chi connectivity index (χ1n) is 7.25. The van der Waals surface area contributed by atoms with Gasteiger partial charge in [0.05, 0.1) is 15.8 Å². The molecular weight excluding hydrogens is 319 g/mol. The predicted molar refractivity (Wildman–Crippen MR) is 85.2 cm³/mol. The number of nitrogens with two attached hydrogens (primary N) is 1. The molecule has 2 bridgehead atoms. The van der Waals surface area contributed by atoms with Crippen LogP contribution in [-0.4, -0.2) is 6.04 Å². The Morgan fingerprint density at radius 2 is 2.05 bits per heavy atom. The van der Waals surface area contributed by atoms with Crippen LogP contribution in [0, 0.1) is 22.6 Å². The molecule has 0 amide bonds. The Morgan fingerprint density at radius 3 is 2.65 bits per heavy atom. The van der Waals surface area contributed by atoms with Gasteiger partial charge < -0.3 is 11.1 Å². The van der Waals surface area contributed by atoms with E-state index in [1.165, 1.54) is 25.3 Å². The van der Waals surface area contributed by atoms with Crippen molar-refractivity contribution in [2.45, 2.75) is 46.1 Å². The average Bonchev–Trinajstić information content (AvgIpc) is 2.82. The van der Waals surface area contributed by atoms with E-state index in [0.29, 0.717) is 21.6 Å². The topological polar surface area (TPSA) is 38.0 Å². The Hall–Kier alpha value is -0.770. The zero-order chi connectivity index (χ0) is 14.7. The van der Waals surface area contributed by atoms with Gasteiger partial charge in [-0.1, -0.05) is 20.8 Å². The fourth-order valence-corrected chi connectivity index (χ4v) is 4.85. The molecule has 0 radical (unpaired) electrons. The Bertz CT molecular complexity index is 553. The normalized spacial score (nSPS) is 34.5. The molecule has 1 aromatic rings. The number of nitrogen functional groups attached to an aromatic ring is 1. The molecule has 3 atom stereocenters. The van der Waals surface area contributed by atoms with Crippen LogP contribution in [0.25, 0.3) is 0 Å². The number of nitrogens with one attached hydrogen (secondary N) is 1. The van der Waals surface area contributed by atoms with Crippen molar-refractivity contribution in [1.82, 2.24) is 0 Å². The van der Waals surface area contributed by atoms with Crippen molar-refractivity contribution in [2.24, 2.45) is 16.7 Å². The molecule has 0 heterocycles. The second-order valence-electron chi connectivity index (χ2n) is 7.35. The minimum Gasteiger partial charge on any atom is -0.397 e. The molecule has 2 aliphatic carbocycles. The predicted octanol–water partition coefficient (Wildman–Crippen LogP) is 4.80. The molecular formula is C16H22BrFN2. The first kappa shape index (κ1) is 14.2. The van der Waals surface area contributed by atoms with Gasteiger partial charge in [-0.3, -0.25) is 0 Å². The van der Waals surface area contributed by atoms with E-state index in [0.717, 1.165) is 11.6 Å². The van der Waals surface area contributed by atoms with Crippen molar-refractivity contribution in [3.63, 3.8) is 0 Å². The Morgan fingerprint density at radius 1 is 1.35 bits per heavy atom. The third-order valence-corrected chi connectivity index (χ3v) is 6.27. The molecule has 3 rings (SSSR count). The Kier molecular flexibility index (Phi) is 3.09. The zero-order valence-electron chi connectivity index (χ0n) is 12.3. The first-order chi connectivity index (χ1) is 9.24. The van der Waals surface area contributed by atoms with Crippen LogP contribution < -0.4 is 11.1 Å². The standard InChI is InChI=1S/C16H22BrFN2/c1-15(2)9-4-5-16(3,8-9)14(15)20-13-6-10(17)11(18)7-12(13)19/h6-7,9,14,20H,4-5,8,19H2,1-3H3. The van der Waals surface area contributed by atoms with E-state index >= 15 is 0 Å². The van der Waals surface area contributed by atoms with Crippen LogP contribution in [0.3, 0.4) is 0 Å². The van der Waals surface area contributed by atoms with Gasteiger partial charge in [0.25, 0.3) is 0 Å². The van der Waals surface area contributed by atoms with Gasteiger partial charge >= 0.3 is 0 Å². The van der Waals surface area contributed by atoms with E-state index in [1.54, 1.807) is 6.07 Å².